The molecule has 0 atom stereocenters. The fraction of sp³-hybridized carbons (Fsp3) is 0.267. The molecule has 1 aliphatic heterocycles. The van der Waals surface area contributed by atoms with Crippen molar-refractivity contribution < 1.29 is 24.2 Å². The van der Waals surface area contributed by atoms with Crippen LogP contribution in [0.3, 0.4) is 0 Å². The molecule has 0 aliphatic carbocycles. The van der Waals surface area contributed by atoms with Crippen LogP contribution in [-0.2, 0) is 9.59 Å². The van der Waals surface area contributed by atoms with E-state index in [0.717, 1.165) is 22.2 Å². The molecule has 1 aromatic rings. The highest BCUT2D eigenvalue weighted by molar-refractivity contribution is 8.18. The van der Waals surface area contributed by atoms with Gasteiger partial charge in [0.1, 0.15) is 5.75 Å². The fourth-order valence-electron chi connectivity index (χ4n) is 1.93. The largest absolute Gasteiger partial charge is 0.497 e. The Bertz CT molecular complexity index is 623. The van der Waals surface area contributed by atoms with Gasteiger partial charge in [0, 0.05) is 13.0 Å². The van der Waals surface area contributed by atoms with Gasteiger partial charge < -0.3 is 9.84 Å². The van der Waals surface area contributed by atoms with Gasteiger partial charge >= 0.3 is 5.97 Å². The maximum atomic E-state index is 12.2. The lowest BCUT2D eigenvalue weighted by atomic mass is 10.2. The van der Waals surface area contributed by atoms with Crippen molar-refractivity contribution in [3.8, 4) is 5.75 Å². The van der Waals surface area contributed by atoms with E-state index in [1.54, 1.807) is 37.5 Å². The first-order valence-electron chi connectivity index (χ1n) is 6.62. The molecule has 22 heavy (non-hydrogen) atoms. The maximum absolute atomic E-state index is 12.2. The van der Waals surface area contributed by atoms with Crippen LogP contribution in [0.1, 0.15) is 18.4 Å². The topological polar surface area (TPSA) is 83.9 Å². The van der Waals surface area contributed by atoms with Gasteiger partial charge in [-0.25, -0.2) is 0 Å². The predicted molar refractivity (Wildman–Crippen MR) is 82.5 cm³/mol. The van der Waals surface area contributed by atoms with Gasteiger partial charge in [-0.2, -0.15) is 0 Å². The summed E-state index contributed by atoms with van der Waals surface area (Å²) in [6, 6.07) is 7.11. The molecule has 0 unspecified atom stereocenters. The average Bonchev–Trinajstić information content (AvgIpc) is 2.75. The van der Waals surface area contributed by atoms with Crippen molar-refractivity contribution in [3.63, 3.8) is 0 Å². The molecule has 7 heteroatoms. The number of hydrogen-bond donors (Lipinski definition) is 1. The van der Waals surface area contributed by atoms with Crippen molar-refractivity contribution in [1.82, 2.24) is 4.90 Å². The molecule has 1 saturated heterocycles. The zero-order valence-corrected chi connectivity index (χ0v) is 12.8. The van der Waals surface area contributed by atoms with Gasteiger partial charge in [-0.15, -0.1) is 0 Å². The molecular formula is C15H15NO5S. The summed E-state index contributed by atoms with van der Waals surface area (Å²) in [5, 5.41) is 8.23. The van der Waals surface area contributed by atoms with E-state index in [9.17, 15) is 14.4 Å². The van der Waals surface area contributed by atoms with Crippen LogP contribution in [-0.4, -0.2) is 40.8 Å². The Balaban J connectivity index is 2.06. The Morgan fingerprint density at radius 1 is 1.32 bits per heavy atom. The van der Waals surface area contributed by atoms with Gasteiger partial charge in [-0.05, 0) is 42.0 Å². The zero-order chi connectivity index (χ0) is 16.1. The predicted octanol–water partition coefficient (Wildman–Crippen LogP) is 2.60. The minimum atomic E-state index is -0.944. The van der Waals surface area contributed by atoms with Crippen molar-refractivity contribution in [3.05, 3.63) is 34.7 Å². The lowest BCUT2D eigenvalue weighted by molar-refractivity contribution is -0.137. The van der Waals surface area contributed by atoms with Gasteiger partial charge in [-0.1, -0.05) is 12.1 Å². The van der Waals surface area contributed by atoms with Gasteiger partial charge in [0.05, 0.1) is 12.0 Å². The summed E-state index contributed by atoms with van der Waals surface area (Å²) in [5.74, 6) is -0.615. The molecule has 1 fully saturated rings. The highest BCUT2D eigenvalue weighted by Gasteiger charge is 2.34. The van der Waals surface area contributed by atoms with Gasteiger partial charge in [-0.3, -0.25) is 19.3 Å². The van der Waals surface area contributed by atoms with Gasteiger partial charge in [0.15, 0.2) is 0 Å². The van der Waals surface area contributed by atoms with E-state index in [-0.39, 0.29) is 30.5 Å². The first-order valence-corrected chi connectivity index (χ1v) is 7.44. The number of imide groups is 1. The van der Waals surface area contributed by atoms with Crippen molar-refractivity contribution >= 4 is 35.0 Å². The Kier molecular flexibility index (Phi) is 5.21. The molecule has 1 aliphatic rings. The normalized spacial score (nSPS) is 16.4. The van der Waals surface area contributed by atoms with Crippen molar-refractivity contribution in [1.29, 1.82) is 0 Å². The molecule has 6 nitrogen and oxygen atoms in total. The Labute approximate surface area is 131 Å². The number of methoxy groups -OCH3 is 1. The molecule has 1 aromatic carbocycles. The standard InChI is InChI=1S/C15H15NO5S/c1-21-11-6-4-10(5-7-11)9-12-14(19)16(15(20)22-12)8-2-3-13(17)18/h4-7,9H,2-3,8H2,1H3,(H,17,18)/b12-9-. The minimum Gasteiger partial charge on any atom is -0.497 e. The molecular weight excluding hydrogens is 306 g/mol. The highest BCUT2D eigenvalue weighted by atomic mass is 32.2. The Morgan fingerprint density at radius 3 is 2.59 bits per heavy atom. The number of carboxylic acids is 1. The third-order valence-electron chi connectivity index (χ3n) is 3.06. The number of thioether (sulfide) groups is 1. The monoisotopic (exact) mass is 321 g/mol. The van der Waals surface area contributed by atoms with Gasteiger partial charge in [0.25, 0.3) is 11.1 Å². The number of benzene rings is 1. The molecule has 0 aromatic heterocycles. The first kappa shape index (κ1) is 16.1. The molecule has 0 saturated carbocycles. The summed E-state index contributed by atoms with van der Waals surface area (Å²) in [5.41, 5.74) is 0.789. The van der Waals surface area contributed by atoms with Crippen LogP contribution >= 0.6 is 11.8 Å². The van der Waals surface area contributed by atoms with Crippen molar-refractivity contribution in [2.24, 2.45) is 0 Å². The number of carboxylic acid groups (broad SMARTS) is 1. The second-order valence-electron chi connectivity index (χ2n) is 4.60. The van der Waals surface area contributed by atoms with E-state index in [1.165, 1.54) is 0 Å². The number of ether oxygens (including phenoxy) is 1. The number of aliphatic carboxylic acids is 1. The van der Waals surface area contributed by atoms with E-state index in [2.05, 4.69) is 0 Å². The van der Waals surface area contributed by atoms with Crippen LogP contribution < -0.4 is 4.74 Å². The molecule has 0 bridgehead atoms. The number of nitrogens with zero attached hydrogens (tertiary/aromatic N) is 1. The van der Waals surface area contributed by atoms with E-state index in [4.69, 9.17) is 9.84 Å². The number of carbonyl (C=O) groups is 3. The second kappa shape index (κ2) is 7.13. The van der Waals surface area contributed by atoms with Crippen molar-refractivity contribution in [2.75, 3.05) is 13.7 Å². The Morgan fingerprint density at radius 2 is 2.00 bits per heavy atom. The molecule has 116 valence electrons. The van der Waals surface area contributed by atoms with Crippen LogP contribution in [0, 0.1) is 0 Å². The van der Waals surface area contributed by atoms with Crippen LogP contribution in [0.4, 0.5) is 4.79 Å². The summed E-state index contributed by atoms with van der Waals surface area (Å²) in [7, 11) is 1.57. The van der Waals surface area contributed by atoms with Crippen LogP contribution in [0.15, 0.2) is 29.2 Å². The summed E-state index contributed by atoms with van der Waals surface area (Å²) < 4.78 is 5.05. The minimum absolute atomic E-state index is 0.0702. The summed E-state index contributed by atoms with van der Waals surface area (Å²) in [6.45, 7) is 0.122. The third-order valence-corrected chi connectivity index (χ3v) is 3.97. The molecule has 1 N–H and O–H groups in total. The molecule has 0 radical (unpaired) electrons. The summed E-state index contributed by atoms with van der Waals surface area (Å²) in [6.07, 6.45) is 1.82. The lowest BCUT2D eigenvalue weighted by Crippen LogP contribution is -2.29. The second-order valence-corrected chi connectivity index (χ2v) is 5.60. The fourth-order valence-corrected chi connectivity index (χ4v) is 2.80. The van der Waals surface area contributed by atoms with Crippen molar-refractivity contribution in [2.45, 2.75) is 12.8 Å². The van der Waals surface area contributed by atoms with Gasteiger partial charge in [0.2, 0.25) is 0 Å². The first-order chi connectivity index (χ1) is 10.5. The molecule has 1 heterocycles. The average molecular weight is 321 g/mol. The molecule has 2 rings (SSSR count). The lowest BCUT2D eigenvalue weighted by Gasteiger charge is -2.10. The molecule has 0 spiro atoms. The highest BCUT2D eigenvalue weighted by Crippen LogP contribution is 2.32. The number of hydrogen-bond acceptors (Lipinski definition) is 5. The van der Waals surface area contributed by atoms with E-state index < -0.39 is 5.97 Å². The number of amides is 2. The SMILES string of the molecule is COc1ccc(/C=C2\SC(=O)N(CCCC(=O)O)C2=O)cc1. The smallest absolute Gasteiger partial charge is 0.303 e. The summed E-state index contributed by atoms with van der Waals surface area (Å²) >= 11 is 0.865. The summed E-state index contributed by atoms with van der Waals surface area (Å²) in [4.78, 5) is 35.9. The van der Waals surface area contributed by atoms with Crippen LogP contribution in [0.25, 0.3) is 6.08 Å². The Hall–Kier alpha value is -2.28. The quantitative estimate of drug-likeness (QED) is 0.811. The van der Waals surface area contributed by atoms with E-state index in [1.807, 2.05) is 0 Å². The third kappa shape index (κ3) is 3.88. The number of carbonyl (C=O) groups excluding carboxylic acids is 2. The molecule has 2 amide bonds. The van der Waals surface area contributed by atoms with E-state index in [0.29, 0.717) is 10.7 Å². The van der Waals surface area contributed by atoms with Crippen LogP contribution in [0.2, 0.25) is 0 Å². The number of rotatable bonds is 6. The maximum Gasteiger partial charge on any atom is 0.303 e. The van der Waals surface area contributed by atoms with Crippen LogP contribution in [0.5, 0.6) is 5.75 Å². The zero-order valence-electron chi connectivity index (χ0n) is 11.9. The van der Waals surface area contributed by atoms with E-state index >= 15 is 0 Å².